The van der Waals surface area contributed by atoms with Crippen LogP contribution in [0.4, 0.5) is 0 Å². The van der Waals surface area contributed by atoms with Gasteiger partial charge >= 0.3 is 0 Å². The maximum atomic E-state index is 13.4. The molecule has 2 aliphatic rings. The Kier molecular flexibility index (Phi) is 5.73. The fourth-order valence-corrected chi connectivity index (χ4v) is 6.94. The van der Waals surface area contributed by atoms with Gasteiger partial charge in [-0.05, 0) is 62.3 Å². The van der Waals surface area contributed by atoms with Crippen molar-refractivity contribution in [2.45, 2.75) is 51.5 Å². The molecule has 0 N–H and O–H groups in total. The molecule has 2 aliphatic heterocycles. The van der Waals surface area contributed by atoms with Crippen molar-refractivity contribution < 1.29 is 13.2 Å². The molecule has 1 fully saturated rings. The third-order valence-electron chi connectivity index (χ3n) is 6.38. The second kappa shape index (κ2) is 8.16. The van der Waals surface area contributed by atoms with Crippen LogP contribution in [-0.2, 0) is 27.8 Å². The summed E-state index contributed by atoms with van der Waals surface area (Å²) in [7, 11) is -3.62. The molecule has 2 aromatic carbocycles. The normalized spacial score (nSPS) is 20.1. The average Bonchev–Trinajstić information content (AvgIpc) is 2.72. The van der Waals surface area contributed by atoms with E-state index in [0.29, 0.717) is 31.0 Å². The van der Waals surface area contributed by atoms with Crippen molar-refractivity contribution >= 4 is 15.9 Å². The van der Waals surface area contributed by atoms with E-state index in [9.17, 15) is 13.2 Å². The van der Waals surface area contributed by atoms with E-state index in [1.807, 2.05) is 49.9 Å². The van der Waals surface area contributed by atoms with Crippen LogP contribution in [-0.4, -0.2) is 43.2 Å². The molecule has 0 spiro atoms. The van der Waals surface area contributed by atoms with Crippen molar-refractivity contribution in [1.82, 2.24) is 9.21 Å². The van der Waals surface area contributed by atoms with Crippen LogP contribution in [0.5, 0.6) is 0 Å². The second-order valence-electron chi connectivity index (χ2n) is 8.71. The van der Waals surface area contributed by atoms with Crippen molar-refractivity contribution in [3.63, 3.8) is 0 Å². The summed E-state index contributed by atoms with van der Waals surface area (Å²) in [6.45, 7) is 7.75. The largest absolute Gasteiger partial charge is 0.338 e. The molecule has 0 bridgehead atoms. The van der Waals surface area contributed by atoms with Gasteiger partial charge in [0.25, 0.3) is 0 Å². The first-order valence-electron chi connectivity index (χ1n) is 10.7. The predicted octanol–water partition coefficient (Wildman–Crippen LogP) is 3.60. The molecule has 0 aliphatic carbocycles. The minimum absolute atomic E-state index is 0.0850. The number of amides is 1. The molecule has 6 heteroatoms. The number of carbonyl (C=O) groups is 1. The van der Waals surface area contributed by atoms with Crippen molar-refractivity contribution in [3.05, 3.63) is 64.2 Å². The Bertz CT molecular complexity index is 1050. The van der Waals surface area contributed by atoms with Gasteiger partial charge in [-0.15, -0.1) is 0 Å². The van der Waals surface area contributed by atoms with Crippen molar-refractivity contribution in [2.24, 2.45) is 5.92 Å². The summed E-state index contributed by atoms with van der Waals surface area (Å²) >= 11 is 0. The smallest absolute Gasteiger partial charge is 0.243 e. The maximum Gasteiger partial charge on any atom is 0.243 e. The molecule has 1 saturated heterocycles. The minimum Gasteiger partial charge on any atom is -0.338 e. The Morgan fingerprint density at radius 1 is 1.00 bits per heavy atom. The van der Waals surface area contributed by atoms with E-state index in [1.165, 1.54) is 15.4 Å². The van der Waals surface area contributed by atoms with Crippen LogP contribution >= 0.6 is 0 Å². The van der Waals surface area contributed by atoms with Crippen LogP contribution in [0.1, 0.15) is 40.7 Å². The van der Waals surface area contributed by atoms with Gasteiger partial charge in [-0.2, -0.15) is 4.31 Å². The molecule has 160 valence electrons. The van der Waals surface area contributed by atoms with E-state index in [-0.39, 0.29) is 18.4 Å². The summed E-state index contributed by atoms with van der Waals surface area (Å²) < 4.78 is 28.4. The molecule has 30 heavy (non-hydrogen) atoms. The number of aryl methyl sites for hydroxylation is 3. The number of sulfonamides is 1. The number of carbonyl (C=O) groups excluding carboxylic acids is 1. The van der Waals surface area contributed by atoms with Gasteiger partial charge in [0.2, 0.25) is 15.9 Å². The molecule has 2 aromatic rings. The summed E-state index contributed by atoms with van der Waals surface area (Å²) in [5.74, 6) is -0.188. The number of hydrogen-bond acceptors (Lipinski definition) is 3. The van der Waals surface area contributed by atoms with Gasteiger partial charge in [0, 0.05) is 26.2 Å². The number of nitrogens with zero attached hydrogens (tertiary/aromatic N) is 2. The Morgan fingerprint density at radius 3 is 2.37 bits per heavy atom. The monoisotopic (exact) mass is 426 g/mol. The Balaban J connectivity index is 1.53. The second-order valence-corrected chi connectivity index (χ2v) is 10.6. The molecule has 2 heterocycles. The van der Waals surface area contributed by atoms with Gasteiger partial charge in [-0.1, -0.05) is 42.0 Å². The van der Waals surface area contributed by atoms with E-state index in [0.717, 1.165) is 29.5 Å². The van der Waals surface area contributed by atoms with Crippen molar-refractivity contribution in [3.8, 4) is 0 Å². The van der Waals surface area contributed by atoms with E-state index >= 15 is 0 Å². The molecule has 4 rings (SSSR count). The topological polar surface area (TPSA) is 57.7 Å². The summed E-state index contributed by atoms with van der Waals surface area (Å²) in [6.07, 6.45) is 2.32. The van der Waals surface area contributed by atoms with E-state index in [2.05, 4.69) is 12.1 Å². The highest BCUT2D eigenvalue weighted by Gasteiger charge is 2.36. The van der Waals surface area contributed by atoms with Gasteiger partial charge in [-0.25, -0.2) is 8.42 Å². The van der Waals surface area contributed by atoms with Crippen LogP contribution in [0, 0.1) is 26.7 Å². The first-order valence-corrected chi connectivity index (χ1v) is 12.1. The Hall–Kier alpha value is -2.18. The predicted molar refractivity (Wildman–Crippen MR) is 118 cm³/mol. The van der Waals surface area contributed by atoms with Gasteiger partial charge < -0.3 is 4.90 Å². The highest BCUT2D eigenvalue weighted by molar-refractivity contribution is 7.89. The van der Waals surface area contributed by atoms with Gasteiger partial charge in [-0.3, -0.25) is 4.79 Å². The lowest BCUT2D eigenvalue weighted by molar-refractivity contribution is -0.137. The van der Waals surface area contributed by atoms with Gasteiger partial charge in [0.1, 0.15) is 0 Å². The fraction of sp³-hybridized carbons (Fsp3) is 0.458. The standard InChI is InChI=1S/C24H30N2O3S/c1-17-13-18(2)23(19(3)14-17)30(28,29)26-11-6-9-22(16-26)24(27)25-12-10-20-7-4-5-8-21(20)15-25/h4-5,7-8,13-14,22H,6,9-12,15-16H2,1-3H3/t22-/m1/s1. The van der Waals surface area contributed by atoms with Crippen LogP contribution in [0.3, 0.4) is 0 Å². The highest BCUT2D eigenvalue weighted by Crippen LogP contribution is 2.30. The van der Waals surface area contributed by atoms with Crippen LogP contribution in [0.2, 0.25) is 0 Å². The molecule has 0 radical (unpaired) electrons. The van der Waals surface area contributed by atoms with Gasteiger partial charge in [0.05, 0.1) is 10.8 Å². The summed E-state index contributed by atoms with van der Waals surface area (Å²) in [4.78, 5) is 15.6. The Labute approximate surface area is 179 Å². The molecule has 5 nitrogen and oxygen atoms in total. The molecular weight excluding hydrogens is 396 g/mol. The third kappa shape index (κ3) is 3.91. The molecule has 1 atom stereocenters. The maximum absolute atomic E-state index is 13.4. The van der Waals surface area contributed by atoms with Gasteiger partial charge in [0.15, 0.2) is 0 Å². The third-order valence-corrected chi connectivity index (χ3v) is 8.55. The Morgan fingerprint density at radius 2 is 1.67 bits per heavy atom. The summed E-state index contributed by atoms with van der Waals surface area (Å²) in [5, 5.41) is 0. The highest BCUT2D eigenvalue weighted by atomic mass is 32.2. The number of benzene rings is 2. The van der Waals surface area contributed by atoms with Crippen molar-refractivity contribution in [1.29, 1.82) is 0 Å². The lowest BCUT2D eigenvalue weighted by Crippen LogP contribution is -2.47. The zero-order valence-corrected chi connectivity index (χ0v) is 18.8. The lowest BCUT2D eigenvalue weighted by atomic mass is 9.95. The molecule has 0 aromatic heterocycles. The van der Waals surface area contributed by atoms with E-state index < -0.39 is 10.0 Å². The fourth-order valence-electron chi connectivity index (χ4n) is 5.01. The molecular formula is C24H30N2O3S. The average molecular weight is 427 g/mol. The number of fused-ring (bicyclic) bond motifs is 1. The minimum atomic E-state index is -3.62. The van der Waals surface area contributed by atoms with Crippen molar-refractivity contribution in [2.75, 3.05) is 19.6 Å². The molecule has 0 unspecified atom stereocenters. The van der Waals surface area contributed by atoms with Crippen LogP contribution < -0.4 is 0 Å². The first kappa shape index (κ1) is 21.1. The van der Waals surface area contributed by atoms with E-state index in [4.69, 9.17) is 0 Å². The first-order chi connectivity index (χ1) is 14.3. The zero-order valence-electron chi connectivity index (χ0n) is 18.0. The summed E-state index contributed by atoms with van der Waals surface area (Å²) in [6, 6.07) is 12.1. The number of piperidine rings is 1. The quantitative estimate of drug-likeness (QED) is 0.754. The molecule has 1 amide bonds. The number of rotatable bonds is 3. The van der Waals surface area contributed by atoms with Crippen LogP contribution in [0.25, 0.3) is 0 Å². The van der Waals surface area contributed by atoms with E-state index in [1.54, 1.807) is 0 Å². The lowest BCUT2D eigenvalue weighted by Gasteiger charge is -2.36. The summed E-state index contributed by atoms with van der Waals surface area (Å²) in [5.41, 5.74) is 5.10. The van der Waals surface area contributed by atoms with Crippen LogP contribution in [0.15, 0.2) is 41.3 Å². The number of hydrogen-bond donors (Lipinski definition) is 0. The SMILES string of the molecule is Cc1cc(C)c(S(=O)(=O)N2CCC[C@@H](C(=O)N3CCc4ccccc4C3)C2)c(C)c1. The molecule has 0 saturated carbocycles. The zero-order chi connectivity index (χ0) is 21.5.